The summed E-state index contributed by atoms with van der Waals surface area (Å²) in [6.07, 6.45) is 1.04. The molecule has 0 saturated carbocycles. The van der Waals surface area contributed by atoms with Crippen molar-refractivity contribution in [2.45, 2.75) is 19.4 Å². The molecule has 1 aliphatic rings. The topological polar surface area (TPSA) is 52.7 Å². The van der Waals surface area contributed by atoms with Crippen molar-refractivity contribution in [2.24, 2.45) is 0 Å². The van der Waals surface area contributed by atoms with Gasteiger partial charge in [0.1, 0.15) is 0 Å². The summed E-state index contributed by atoms with van der Waals surface area (Å²) in [5.41, 5.74) is 2.83. The molecule has 3 amide bonds. The van der Waals surface area contributed by atoms with E-state index in [0.717, 1.165) is 24.1 Å². The summed E-state index contributed by atoms with van der Waals surface area (Å²) >= 11 is 0. The van der Waals surface area contributed by atoms with E-state index in [1.807, 2.05) is 30.3 Å². The summed E-state index contributed by atoms with van der Waals surface area (Å²) < 4.78 is 26.7. The quantitative estimate of drug-likeness (QED) is 0.594. The van der Waals surface area contributed by atoms with Gasteiger partial charge in [0.25, 0.3) is 0 Å². The van der Waals surface area contributed by atoms with Crippen molar-refractivity contribution in [1.29, 1.82) is 0 Å². The number of halogens is 2. The van der Waals surface area contributed by atoms with E-state index in [-0.39, 0.29) is 24.9 Å². The summed E-state index contributed by atoms with van der Waals surface area (Å²) in [6, 6.07) is 20.1. The Labute approximate surface area is 185 Å². The van der Waals surface area contributed by atoms with Crippen molar-refractivity contribution in [3.05, 3.63) is 95.6 Å². The lowest BCUT2D eigenvalue weighted by Gasteiger charge is -2.35. The van der Waals surface area contributed by atoms with E-state index in [1.54, 1.807) is 34.1 Å². The summed E-state index contributed by atoms with van der Waals surface area (Å²) in [5.74, 6) is -1.94. The van der Waals surface area contributed by atoms with Crippen LogP contribution < -0.4 is 10.2 Å². The van der Waals surface area contributed by atoms with Crippen LogP contribution in [-0.2, 0) is 17.8 Å². The zero-order chi connectivity index (χ0) is 22.5. The van der Waals surface area contributed by atoms with Gasteiger partial charge in [0.05, 0.1) is 6.42 Å². The second-order valence-corrected chi connectivity index (χ2v) is 7.72. The average molecular weight is 435 g/mol. The monoisotopic (exact) mass is 435 g/mol. The van der Waals surface area contributed by atoms with E-state index in [9.17, 15) is 18.4 Å². The molecule has 0 bridgehead atoms. The number of carbonyl (C=O) groups is 2. The van der Waals surface area contributed by atoms with Crippen LogP contribution in [0, 0.1) is 11.6 Å². The Hall–Kier alpha value is -3.74. The average Bonchev–Trinajstić information content (AvgIpc) is 2.79. The minimum absolute atomic E-state index is 0.115. The number of nitrogens with zero attached hydrogens (tertiary/aromatic N) is 2. The summed E-state index contributed by atoms with van der Waals surface area (Å²) in [5, 5.41) is 2.86. The molecule has 1 heterocycles. The minimum Gasteiger partial charge on any atom is -0.326 e. The molecule has 32 heavy (non-hydrogen) atoms. The predicted octanol–water partition coefficient (Wildman–Crippen LogP) is 4.98. The van der Waals surface area contributed by atoms with Crippen molar-refractivity contribution < 1.29 is 18.4 Å². The first kappa shape index (κ1) is 21.5. The van der Waals surface area contributed by atoms with Crippen molar-refractivity contribution in [3.63, 3.8) is 0 Å². The first-order chi connectivity index (χ1) is 15.5. The maximum absolute atomic E-state index is 13.5. The number of hydrogen-bond donors (Lipinski definition) is 1. The van der Waals surface area contributed by atoms with Crippen LogP contribution >= 0.6 is 0 Å². The summed E-state index contributed by atoms with van der Waals surface area (Å²) in [7, 11) is 0. The molecule has 0 radical (unpaired) electrons. The third kappa shape index (κ3) is 5.11. The Morgan fingerprint density at radius 3 is 2.34 bits per heavy atom. The minimum atomic E-state index is -0.922. The summed E-state index contributed by atoms with van der Waals surface area (Å²) in [4.78, 5) is 28.5. The fraction of sp³-hybridized carbons (Fsp3) is 0.200. The highest BCUT2D eigenvalue weighted by molar-refractivity contribution is 5.94. The molecule has 0 spiro atoms. The van der Waals surface area contributed by atoms with Crippen LogP contribution in [0.5, 0.6) is 0 Å². The van der Waals surface area contributed by atoms with E-state index in [1.165, 1.54) is 6.07 Å². The molecule has 7 heteroatoms. The van der Waals surface area contributed by atoms with Crippen LogP contribution in [0.15, 0.2) is 72.8 Å². The molecule has 3 aromatic rings. The van der Waals surface area contributed by atoms with Gasteiger partial charge in [-0.2, -0.15) is 0 Å². The fourth-order valence-corrected chi connectivity index (χ4v) is 3.74. The SMILES string of the molecule is O=C(Cc1ccccc1)Nc1ccc(N2CCCN(Cc3ccc(F)c(F)c3)C2=O)cc1. The lowest BCUT2D eigenvalue weighted by molar-refractivity contribution is -0.115. The number of nitrogens with one attached hydrogen (secondary N) is 1. The van der Waals surface area contributed by atoms with Crippen LogP contribution in [0.25, 0.3) is 0 Å². The molecule has 4 rings (SSSR count). The highest BCUT2D eigenvalue weighted by Gasteiger charge is 2.27. The Morgan fingerprint density at radius 1 is 0.875 bits per heavy atom. The lowest BCUT2D eigenvalue weighted by Crippen LogP contribution is -2.49. The molecule has 1 fully saturated rings. The molecule has 0 unspecified atom stereocenters. The largest absolute Gasteiger partial charge is 0.326 e. The summed E-state index contributed by atoms with van der Waals surface area (Å²) in [6.45, 7) is 1.31. The van der Waals surface area contributed by atoms with Gasteiger partial charge >= 0.3 is 6.03 Å². The van der Waals surface area contributed by atoms with E-state index >= 15 is 0 Å². The van der Waals surface area contributed by atoms with Crippen LogP contribution in [0.4, 0.5) is 25.0 Å². The smallest absolute Gasteiger partial charge is 0.324 e. The molecule has 1 saturated heterocycles. The standard InChI is InChI=1S/C25H23F2N3O2/c26-22-12-7-19(15-23(22)27)17-29-13-4-14-30(25(29)32)21-10-8-20(9-11-21)28-24(31)16-18-5-2-1-3-6-18/h1-3,5-12,15H,4,13-14,16-17H2,(H,28,31). The molecule has 1 aliphatic heterocycles. The van der Waals surface area contributed by atoms with Crippen LogP contribution in [0.1, 0.15) is 17.5 Å². The zero-order valence-electron chi connectivity index (χ0n) is 17.4. The fourth-order valence-electron chi connectivity index (χ4n) is 3.74. The Morgan fingerprint density at radius 2 is 1.62 bits per heavy atom. The number of urea groups is 1. The van der Waals surface area contributed by atoms with E-state index in [0.29, 0.717) is 30.0 Å². The number of amides is 3. The molecule has 0 aliphatic carbocycles. The molecule has 1 N–H and O–H groups in total. The number of carbonyl (C=O) groups excluding carboxylic acids is 2. The molecular weight excluding hydrogens is 412 g/mol. The van der Waals surface area contributed by atoms with Gasteiger partial charge < -0.3 is 10.2 Å². The number of benzene rings is 3. The Kier molecular flexibility index (Phi) is 6.44. The van der Waals surface area contributed by atoms with Crippen LogP contribution in [0.3, 0.4) is 0 Å². The van der Waals surface area contributed by atoms with Crippen molar-refractivity contribution in [3.8, 4) is 0 Å². The number of hydrogen-bond acceptors (Lipinski definition) is 2. The van der Waals surface area contributed by atoms with Crippen molar-refractivity contribution >= 4 is 23.3 Å². The Bertz CT molecular complexity index is 1100. The predicted molar refractivity (Wildman–Crippen MR) is 119 cm³/mol. The second-order valence-electron chi connectivity index (χ2n) is 7.72. The van der Waals surface area contributed by atoms with Gasteiger partial charge in [0.2, 0.25) is 5.91 Å². The van der Waals surface area contributed by atoms with Gasteiger partial charge in [-0.25, -0.2) is 13.6 Å². The van der Waals surface area contributed by atoms with Gasteiger partial charge in [-0.15, -0.1) is 0 Å². The lowest BCUT2D eigenvalue weighted by atomic mass is 10.1. The first-order valence-electron chi connectivity index (χ1n) is 10.4. The van der Waals surface area contributed by atoms with E-state index in [2.05, 4.69) is 5.32 Å². The zero-order valence-corrected chi connectivity index (χ0v) is 17.4. The molecular formula is C25H23F2N3O2. The van der Waals surface area contributed by atoms with Gasteiger partial charge in [-0.3, -0.25) is 9.69 Å². The molecule has 0 aromatic heterocycles. The second kappa shape index (κ2) is 9.60. The normalized spacial score (nSPS) is 13.9. The Balaban J connectivity index is 1.38. The van der Waals surface area contributed by atoms with Crippen LogP contribution in [-0.4, -0.2) is 29.9 Å². The number of anilines is 2. The van der Waals surface area contributed by atoms with Gasteiger partial charge in [-0.1, -0.05) is 36.4 Å². The van der Waals surface area contributed by atoms with Crippen molar-refractivity contribution in [2.75, 3.05) is 23.3 Å². The molecule has 0 atom stereocenters. The van der Waals surface area contributed by atoms with Gasteiger partial charge in [-0.05, 0) is 53.9 Å². The van der Waals surface area contributed by atoms with Gasteiger partial charge in [0.15, 0.2) is 11.6 Å². The van der Waals surface area contributed by atoms with Gasteiger partial charge in [0, 0.05) is 31.0 Å². The van der Waals surface area contributed by atoms with Crippen molar-refractivity contribution in [1.82, 2.24) is 4.90 Å². The molecule has 3 aromatic carbocycles. The maximum Gasteiger partial charge on any atom is 0.324 e. The van der Waals surface area contributed by atoms with Crippen LogP contribution in [0.2, 0.25) is 0 Å². The number of rotatable bonds is 6. The highest BCUT2D eigenvalue weighted by Crippen LogP contribution is 2.24. The van der Waals surface area contributed by atoms with E-state index in [4.69, 9.17) is 0 Å². The third-order valence-electron chi connectivity index (χ3n) is 5.34. The third-order valence-corrected chi connectivity index (χ3v) is 5.34. The molecule has 164 valence electrons. The first-order valence-corrected chi connectivity index (χ1v) is 10.4. The van der Waals surface area contributed by atoms with E-state index < -0.39 is 11.6 Å². The molecule has 5 nitrogen and oxygen atoms in total. The highest BCUT2D eigenvalue weighted by atomic mass is 19.2. The maximum atomic E-state index is 13.5.